The smallest absolute Gasteiger partial charge is 0.325 e. The molecule has 0 unspecified atom stereocenters. The Morgan fingerprint density at radius 1 is 0.634 bits per heavy atom. The first kappa shape index (κ1) is 64.3. The summed E-state index contributed by atoms with van der Waals surface area (Å²) in [4.78, 5) is 97.1. The van der Waals surface area contributed by atoms with E-state index in [-0.39, 0.29) is 41.4 Å². The van der Waals surface area contributed by atoms with E-state index < -0.39 is 60.5 Å². The summed E-state index contributed by atoms with van der Waals surface area (Å²) in [5.41, 5.74) is 9.68. The molecule has 20 nitrogen and oxygen atoms in total. The summed E-state index contributed by atoms with van der Waals surface area (Å²) < 4.78 is 27.9. The Labute approximate surface area is 482 Å². The van der Waals surface area contributed by atoms with Crippen molar-refractivity contribution >= 4 is 69.2 Å². The van der Waals surface area contributed by atoms with E-state index in [4.69, 9.17) is 18.9 Å². The molecule has 0 saturated carbocycles. The average molecular weight is 1140 g/mol. The van der Waals surface area contributed by atoms with Crippen molar-refractivity contribution in [3.8, 4) is 0 Å². The average Bonchev–Trinajstić information content (AvgIpc) is 3.52. The zero-order valence-electron chi connectivity index (χ0n) is 49.5. The summed E-state index contributed by atoms with van der Waals surface area (Å²) in [5.74, 6) is -2.36. The molecule has 2 aromatic heterocycles. The largest absolute Gasteiger partial charge is 0.466 e. The molecule has 0 aliphatic carbocycles. The molecule has 446 valence electrons. The van der Waals surface area contributed by atoms with E-state index in [0.29, 0.717) is 58.6 Å². The van der Waals surface area contributed by atoms with Gasteiger partial charge in [-0.15, -0.1) is 0 Å². The van der Waals surface area contributed by atoms with Crippen LogP contribution in [0.25, 0.3) is 27.6 Å². The minimum atomic E-state index is -0.775. The van der Waals surface area contributed by atoms with Crippen molar-refractivity contribution in [1.82, 2.24) is 41.5 Å². The zero-order valence-corrected chi connectivity index (χ0v) is 49.5. The summed E-state index contributed by atoms with van der Waals surface area (Å²) >= 11 is 0. The predicted molar refractivity (Wildman–Crippen MR) is 311 cm³/mol. The Morgan fingerprint density at radius 3 is 1.62 bits per heavy atom. The van der Waals surface area contributed by atoms with Crippen molar-refractivity contribution in [1.29, 1.82) is 0 Å². The molecular formula is C62H86N8O12. The molecule has 4 aliphatic heterocycles. The number of benzene rings is 2. The molecule has 4 amide bonds. The molecule has 82 heavy (non-hydrogen) atoms. The van der Waals surface area contributed by atoms with Gasteiger partial charge in [0, 0.05) is 62.1 Å². The molecule has 4 N–H and O–H groups in total. The molecule has 4 aliphatic rings. The first-order valence-corrected chi connectivity index (χ1v) is 29.2. The lowest BCUT2D eigenvalue weighted by Crippen LogP contribution is -2.60. The number of fused-ring (bicyclic) bond motifs is 8. The van der Waals surface area contributed by atoms with E-state index in [1.54, 1.807) is 20.8 Å². The maximum atomic E-state index is 13.1. The van der Waals surface area contributed by atoms with Gasteiger partial charge in [0.25, 0.3) is 11.8 Å². The number of pyridine rings is 2. The lowest BCUT2D eigenvalue weighted by Gasteiger charge is -2.35. The number of ether oxygens (including phenoxy) is 5. The lowest BCUT2D eigenvalue weighted by atomic mass is 10.0. The number of aryl methyl sites for hydroxylation is 1. The normalized spacial score (nSPS) is 25.5. The third-order valence-electron chi connectivity index (χ3n) is 14.6. The molecule has 2 fully saturated rings. The summed E-state index contributed by atoms with van der Waals surface area (Å²) in [7, 11) is 0. The highest BCUT2D eigenvalue weighted by Gasteiger charge is 2.36. The molecule has 0 spiro atoms. The number of nitrogens with zero attached hydrogens (tertiary/aromatic N) is 4. The Kier molecular flexibility index (Phi) is 24.7. The van der Waals surface area contributed by atoms with Gasteiger partial charge < -0.3 is 34.3 Å². The minimum Gasteiger partial charge on any atom is -0.466 e. The van der Waals surface area contributed by atoms with E-state index in [1.165, 1.54) is 16.9 Å². The Bertz CT molecular complexity index is 2860. The van der Waals surface area contributed by atoms with Crippen molar-refractivity contribution in [3.63, 3.8) is 0 Å². The molecule has 0 radical (unpaired) electrons. The molecule has 8 atom stereocenters. The van der Waals surface area contributed by atoms with Gasteiger partial charge in [0.1, 0.15) is 48.6 Å². The summed E-state index contributed by atoms with van der Waals surface area (Å²) in [6.45, 7) is 20.1. The molecule has 2 aromatic carbocycles. The monoisotopic (exact) mass is 1130 g/mol. The van der Waals surface area contributed by atoms with Gasteiger partial charge in [0.2, 0.25) is 11.8 Å². The Balaban J connectivity index is 0.000000240. The Hall–Kier alpha value is -6.87. The number of carbonyl (C=O) groups is 7. The van der Waals surface area contributed by atoms with Crippen molar-refractivity contribution in [2.24, 2.45) is 11.8 Å². The van der Waals surface area contributed by atoms with Gasteiger partial charge in [0.15, 0.2) is 0 Å². The summed E-state index contributed by atoms with van der Waals surface area (Å²) in [6, 6.07) is 13.2. The van der Waals surface area contributed by atoms with Crippen molar-refractivity contribution in [2.75, 3.05) is 32.9 Å². The fourth-order valence-corrected chi connectivity index (χ4v) is 9.93. The second-order valence-electron chi connectivity index (χ2n) is 22.1. The molecule has 4 aromatic rings. The number of hydrazine groups is 2. The SMILES string of the molecule is CC(C)[C@@H]1OCCC/C=C/c2cc3cc(ccc3cn2)[C@@H](C)OC(=O)[C@@H]2CCCN(N2)C(=O)[C@H](C)NC1=O.CC(C)[C@@H]1OCCCCCc2cc3cc(ccc3cn2)[C@@H](C)OC(=O)[C@@H]2CCCN(N2)C(=O)[C@H](C)NC1=O.CCOC(C)=O. The van der Waals surface area contributed by atoms with E-state index in [2.05, 4.69) is 48.3 Å². The van der Waals surface area contributed by atoms with Gasteiger partial charge in [-0.2, -0.15) is 0 Å². The fraction of sp³-hybridized carbons (Fsp3) is 0.565. The van der Waals surface area contributed by atoms with Crippen molar-refractivity contribution < 1.29 is 57.2 Å². The first-order chi connectivity index (χ1) is 39.2. The number of amides is 4. The molecule has 2 saturated heterocycles. The number of hydrogen-bond donors (Lipinski definition) is 4. The van der Waals surface area contributed by atoms with Gasteiger partial charge in [-0.3, -0.25) is 53.5 Å². The van der Waals surface area contributed by atoms with Gasteiger partial charge in [-0.1, -0.05) is 64.5 Å². The van der Waals surface area contributed by atoms with Crippen LogP contribution >= 0.6 is 0 Å². The second-order valence-corrected chi connectivity index (χ2v) is 22.1. The quantitative estimate of drug-likeness (QED) is 0.113. The molecule has 8 rings (SSSR count). The van der Waals surface area contributed by atoms with Gasteiger partial charge in [-0.25, -0.2) is 10.9 Å². The first-order valence-electron chi connectivity index (χ1n) is 29.2. The van der Waals surface area contributed by atoms with Crippen LogP contribution in [0.1, 0.15) is 162 Å². The number of nitrogens with one attached hydrogen (secondary N) is 4. The lowest BCUT2D eigenvalue weighted by molar-refractivity contribution is -0.158. The van der Waals surface area contributed by atoms with E-state index >= 15 is 0 Å². The number of carbonyl (C=O) groups excluding carboxylic acids is 7. The van der Waals surface area contributed by atoms with Crippen LogP contribution in [0.5, 0.6) is 0 Å². The highest BCUT2D eigenvalue weighted by molar-refractivity contribution is 5.91. The maximum Gasteiger partial charge on any atom is 0.325 e. The van der Waals surface area contributed by atoms with Crippen LogP contribution in [0.15, 0.2) is 67.0 Å². The number of rotatable bonds is 3. The van der Waals surface area contributed by atoms with Crippen LogP contribution in [0.2, 0.25) is 0 Å². The summed E-state index contributed by atoms with van der Waals surface area (Å²) in [6.07, 6.45) is 13.1. The minimum absolute atomic E-state index is 0.0382. The molecule has 20 heteroatoms. The highest BCUT2D eigenvalue weighted by atomic mass is 16.6. The highest BCUT2D eigenvalue weighted by Crippen LogP contribution is 2.27. The third-order valence-corrected chi connectivity index (χ3v) is 14.6. The Morgan fingerprint density at radius 2 is 1.13 bits per heavy atom. The fourth-order valence-electron chi connectivity index (χ4n) is 9.93. The van der Waals surface area contributed by atoms with Crippen molar-refractivity contribution in [2.45, 2.75) is 182 Å². The standard InChI is InChI=1S/C29H40N4O5.C29H38N4O5.C4H8O2/c2*1-18(2)26-27(34)31-19(3)28(35)33-13-8-10-25(32-33)29(36)38-20(4)21-11-12-22-17-30-24(16-23(22)15-21)9-6-5-7-14-37-26;1-3-6-4(2)5/h11-12,15-20,25-26,32H,5-10,13-14H2,1-4H3,(H,31,34);6,9,11-12,15-20,25-26,32H,5,7-8,10,13-14H2,1-4H3,(H,31,34);3H2,1-2H3/b;9-6+;/t2*19-,20+,25-,26-;/m00./s1. The number of allylic oxidation sites excluding steroid dienone is 1. The number of cyclic esters (lactones) is 2. The maximum absolute atomic E-state index is 13.1. The van der Waals surface area contributed by atoms with E-state index in [1.807, 2.05) is 102 Å². The van der Waals surface area contributed by atoms with Crippen LogP contribution < -0.4 is 21.5 Å². The molecular weight excluding hydrogens is 1050 g/mol. The predicted octanol–water partition coefficient (Wildman–Crippen LogP) is 7.86. The second kappa shape index (κ2) is 31.5. The van der Waals surface area contributed by atoms with Crippen LogP contribution in [0, 0.1) is 11.8 Å². The topological polar surface area (TPSA) is 246 Å². The van der Waals surface area contributed by atoms with Crippen molar-refractivity contribution in [3.05, 3.63) is 89.5 Å². The number of aromatic nitrogens is 2. The third kappa shape index (κ3) is 18.8. The van der Waals surface area contributed by atoms with Crippen LogP contribution in [0.3, 0.4) is 0 Å². The molecule has 10 bridgehead atoms. The molecule has 6 heterocycles. The van der Waals surface area contributed by atoms with E-state index in [0.717, 1.165) is 82.6 Å². The zero-order chi connectivity index (χ0) is 59.5. The van der Waals surface area contributed by atoms with Crippen LogP contribution in [-0.2, 0) is 63.7 Å². The van der Waals surface area contributed by atoms with Crippen LogP contribution in [0.4, 0.5) is 0 Å². The number of esters is 3. The van der Waals surface area contributed by atoms with Gasteiger partial charge in [0.05, 0.1) is 12.3 Å². The summed E-state index contributed by atoms with van der Waals surface area (Å²) in [5, 5.41) is 12.6. The number of hydrogen-bond acceptors (Lipinski definition) is 16. The van der Waals surface area contributed by atoms with Gasteiger partial charge in [-0.05, 0) is 156 Å². The van der Waals surface area contributed by atoms with Crippen LogP contribution in [-0.4, -0.2) is 131 Å². The van der Waals surface area contributed by atoms with E-state index in [9.17, 15) is 33.6 Å². The van der Waals surface area contributed by atoms with Gasteiger partial charge >= 0.3 is 17.9 Å².